The van der Waals surface area contributed by atoms with Crippen molar-refractivity contribution in [3.05, 3.63) is 24.0 Å². The minimum absolute atomic E-state index is 0.277. The number of imidazole rings is 1. The van der Waals surface area contributed by atoms with Gasteiger partial charge in [-0.25, -0.2) is 4.98 Å². The minimum Gasteiger partial charge on any atom is -0.399 e. The molecule has 0 fully saturated rings. The van der Waals surface area contributed by atoms with E-state index in [1.165, 1.54) is 10.6 Å². The van der Waals surface area contributed by atoms with Gasteiger partial charge in [-0.15, -0.1) is 0 Å². The number of aryl methyl sites for hydroxylation is 1. The third-order valence-electron chi connectivity index (χ3n) is 3.26. The van der Waals surface area contributed by atoms with Gasteiger partial charge in [0.15, 0.2) is 0 Å². The van der Waals surface area contributed by atoms with Crippen LogP contribution in [-0.2, 0) is 17.5 Å². The van der Waals surface area contributed by atoms with Crippen molar-refractivity contribution in [2.24, 2.45) is 0 Å². The van der Waals surface area contributed by atoms with E-state index in [0.29, 0.717) is 24.2 Å². The monoisotopic (exact) mass is 301 g/mol. The maximum absolute atomic E-state index is 13.1. The van der Waals surface area contributed by atoms with Crippen LogP contribution in [0.3, 0.4) is 0 Å². The molecule has 116 valence electrons. The standard InChI is InChI=1S/C14H18F3N3O/c1-21-8-4-2-3-7-20-12-6-5-10(18)9-11(12)19-13(20)14(15,16)17/h5-6,9H,2-4,7-8,18H2,1H3. The number of hydrogen-bond donors (Lipinski definition) is 1. The van der Waals surface area contributed by atoms with Crippen LogP contribution < -0.4 is 5.73 Å². The number of nitrogens with zero attached hydrogens (tertiary/aromatic N) is 2. The topological polar surface area (TPSA) is 53.1 Å². The number of benzene rings is 1. The van der Waals surface area contributed by atoms with Crippen molar-refractivity contribution in [2.75, 3.05) is 19.5 Å². The molecular weight excluding hydrogens is 283 g/mol. The maximum atomic E-state index is 13.1. The first-order chi connectivity index (χ1) is 9.93. The van der Waals surface area contributed by atoms with E-state index in [1.807, 2.05) is 0 Å². The van der Waals surface area contributed by atoms with Crippen molar-refractivity contribution in [3.63, 3.8) is 0 Å². The van der Waals surface area contributed by atoms with Gasteiger partial charge < -0.3 is 15.0 Å². The predicted octanol–water partition coefficient (Wildman–Crippen LogP) is 3.45. The number of methoxy groups -OCH3 is 1. The van der Waals surface area contributed by atoms with E-state index in [0.717, 1.165) is 12.8 Å². The second-order valence-electron chi connectivity index (χ2n) is 4.89. The molecule has 1 aromatic carbocycles. The predicted molar refractivity (Wildman–Crippen MR) is 74.9 cm³/mol. The second-order valence-corrected chi connectivity index (χ2v) is 4.89. The highest BCUT2D eigenvalue weighted by atomic mass is 19.4. The van der Waals surface area contributed by atoms with Gasteiger partial charge in [0.05, 0.1) is 11.0 Å². The summed E-state index contributed by atoms with van der Waals surface area (Å²) in [6.07, 6.45) is -2.19. The Morgan fingerprint density at radius 2 is 2.00 bits per heavy atom. The molecule has 0 aliphatic carbocycles. The number of nitrogens with two attached hydrogens (primary N) is 1. The molecule has 0 aliphatic heterocycles. The summed E-state index contributed by atoms with van der Waals surface area (Å²) in [6, 6.07) is 4.64. The van der Waals surface area contributed by atoms with Crippen LogP contribution >= 0.6 is 0 Å². The van der Waals surface area contributed by atoms with E-state index in [-0.39, 0.29) is 12.1 Å². The molecule has 0 saturated heterocycles. The number of aromatic nitrogens is 2. The number of ether oxygens (including phenoxy) is 1. The number of halogens is 3. The molecule has 0 amide bonds. The molecule has 0 bridgehead atoms. The van der Waals surface area contributed by atoms with Gasteiger partial charge in [-0.05, 0) is 37.5 Å². The Bertz CT molecular complexity index is 607. The lowest BCUT2D eigenvalue weighted by Gasteiger charge is -2.11. The molecule has 1 aromatic heterocycles. The number of fused-ring (bicyclic) bond motifs is 1. The van der Waals surface area contributed by atoms with Gasteiger partial charge in [-0.3, -0.25) is 0 Å². The first-order valence-electron chi connectivity index (χ1n) is 6.75. The van der Waals surface area contributed by atoms with E-state index in [9.17, 15) is 13.2 Å². The molecule has 2 N–H and O–H groups in total. The highest BCUT2D eigenvalue weighted by molar-refractivity contribution is 5.79. The zero-order valence-electron chi connectivity index (χ0n) is 11.8. The van der Waals surface area contributed by atoms with Crippen LogP contribution in [0.2, 0.25) is 0 Å². The Morgan fingerprint density at radius 3 is 2.67 bits per heavy atom. The van der Waals surface area contributed by atoms with Crippen LogP contribution in [0.5, 0.6) is 0 Å². The molecule has 0 unspecified atom stereocenters. The van der Waals surface area contributed by atoms with Gasteiger partial charge in [-0.2, -0.15) is 13.2 Å². The molecule has 21 heavy (non-hydrogen) atoms. The average molecular weight is 301 g/mol. The summed E-state index contributed by atoms with van der Waals surface area (Å²) in [7, 11) is 1.61. The zero-order chi connectivity index (χ0) is 15.5. The number of anilines is 1. The second kappa shape index (κ2) is 6.34. The molecule has 1 heterocycles. The lowest BCUT2D eigenvalue weighted by atomic mass is 10.2. The minimum atomic E-state index is -4.47. The number of hydrogen-bond acceptors (Lipinski definition) is 3. The molecule has 2 rings (SSSR count). The lowest BCUT2D eigenvalue weighted by molar-refractivity contribution is -0.147. The SMILES string of the molecule is COCCCCCn1c(C(F)(F)F)nc2cc(N)ccc21. The average Bonchev–Trinajstić information content (AvgIpc) is 2.76. The van der Waals surface area contributed by atoms with Gasteiger partial charge in [0.1, 0.15) is 0 Å². The largest absolute Gasteiger partial charge is 0.449 e. The third kappa shape index (κ3) is 3.66. The van der Waals surface area contributed by atoms with E-state index in [2.05, 4.69) is 4.98 Å². The van der Waals surface area contributed by atoms with Crippen molar-refractivity contribution in [1.82, 2.24) is 9.55 Å². The van der Waals surface area contributed by atoms with Crippen LogP contribution in [-0.4, -0.2) is 23.3 Å². The molecule has 4 nitrogen and oxygen atoms in total. The number of rotatable bonds is 6. The van der Waals surface area contributed by atoms with Gasteiger partial charge in [0.25, 0.3) is 0 Å². The van der Waals surface area contributed by atoms with E-state index in [4.69, 9.17) is 10.5 Å². The Kier molecular flexibility index (Phi) is 4.72. The molecule has 2 aromatic rings. The Balaban J connectivity index is 2.26. The molecule has 0 saturated carbocycles. The van der Waals surface area contributed by atoms with E-state index < -0.39 is 12.0 Å². The summed E-state index contributed by atoms with van der Waals surface area (Å²) in [5.41, 5.74) is 6.74. The van der Waals surface area contributed by atoms with Gasteiger partial charge in [0, 0.05) is 25.9 Å². The lowest BCUT2D eigenvalue weighted by Crippen LogP contribution is -2.15. The van der Waals surface area contributed by atoms with Crippen molar-refractivity contribution >= 4 is 16.7 Å². The normalized spacial score (nSPS) is 12.2. The highest BCUT2D eigenvalue weighted by Gasteiger charge is 2.37. The highest BCUT2D eigenvalue weighted by Crippen LogP contribution is 2.32. The van der Waals surface area contributed by atoms with Crippen LogP contribution in [0.15, 0.2) is 18.2 Å². The third-order valence-corrected chi connectivity index (χ3v) is 3.26. The first-order valence-corrected chi connectivity index (χ1v) is 6.75. The fourth-order valence-electron chi connectivity index (χ4n) is 2.28. The molecule has 0 aliphatic rings. The molecule has 0 radical (unpaired) electrons. The quantitative estimate of drug-likeness (QED) is 0.656. The van der Waals surface area contributed by atoms with Gasteiger partial charge >= 0.3 is 6.18 Å². The summed E-state index contributed by atoms with van der Waals surface area (Å²) in [6.45, 7) is 0.895. The van der Waals surface area contributed by atoms with E-state index >= 15 is 0 Å². The summed E-state index contributed by atoms with van der Waals surface area (Å²) in [5.74, 6) is -0.866. The van der Waals surface area contributed by atoms with Gasteiger partial charge in [0.2, 0.25) is 5.82 Å². The molecule has 0 atom stereocenters. The first kappa shape index (κ1) is 15.6. The molecular formula is C14H18F3N3O. The van der Waals surface area contributed by atoms with Crippen LogP contribution in [0.25, 0.3) is 11.0 Å². The fourth-order valence-corrected chi connectivity index (χ4v) is 2.28. The van der Waals surface area contributed by atoms with Crippen molar-refractivity contribution in [3.8, 4) is 0 Å². The van der Waals surface area contributed by atoms with E-state index in [1.54, 1.807) is 19.2 Å². The van der Waals surface area contributed by atoms with Crippen molar-refractivity contribution in [2.45, 2.75) is 32.0 Å². The van der Waals surface area contributed by atoms with Crippen LogP contribution in [0.4, 0.5) is 18.9 Å². The number of nitrogen functional groups attached to an aromatic ring is 1. The van der Waals surface area contributed by atoms with Gasteiger partial charge in [-0.1, -0.05) is 0 Å². The smallest absolute Gasteiger partial charge is 0.399 e. The number of alkyl halides is 3. The summed E-state index contributed by atoms with van der Waals surface area (Å²) < 4.78 is 45.4. The van der Waals surface area contributed by atoms with Crippen LogP contribution in [0.1, 0.15) is 25.1 Å². The summed E-state index contributed by atoms with van der Waals surface area (Å²) >= 11 is 0. The number of unbranched alkanes of at least 4 members (excludes halogenated alkanes) is 2. The molecule has 7 heteroatoms. The Labute approximate surface area is 120 Å². The Morgan fingerprint density at radius 1 is 1.24 bits per heavy atom. The maximum Gasteiger partial charge on any atom is 0.449 e. The van der Waals surface area contributed by atoms with Crippen molar-refractivity contribution in [1.29, 1.82) is 0 Å². The fraction of sp³-hybridized carbons (Fsp3) is 0.500. The Hall–Kier alpha value is -1.76. The zero-order valence-corrected chi connectivity index (χ0v) is 11.8. The van der Waals surface area contributed by atoms with Crippen LogP contribution in [0, 0.1) is 0 Å². The van der Waals surface area contributed by atoms with Crippen molar-refractivity contribution < 1.29 is 17.9 Å². The summed E-state index contributed by atoms with van der Waals surface area (Å²) in [5, 5.41) is 0. The summed E-state index contributed by atoms with van der Waals surface area (Å²) in [4.78, 5) is 3.69. The molecule has 0 spiro atoms.